The molecular weight excluding hydrogens is 300 g/mol. The van der Waals surface area contributed by atoms with Crippen molar-refractivity contribution in [1.82, 2.24) is 9.97 Å². The number of ether oxygens (including phenoxy) is 2. The average Bonchev–Trinajstić information content (AvgIpc) is 3.02. The van der Waals surface area contributed by atoms with Crippen molar-refractivity contribution in [3.63, 3.8) is 0 Å². The van der Waals surface area contributed by atoms with Crippen LogP contribution in [0.5, 0.6) is 11.5 Å². The van der Waals surface area contributed by atoms with Crippen LogP contribution in [-0.4, -0.2) is 17.1 Å². The van der Waals surface area contributed by atoms with Crippen molar-refractivity contribution in [2.75, 3.05) is 7.11 Å². The van der Waals surface area contributed by atoms with Gasteiger partial charge in [-0.2, -0.15) is 0 Å². The highest BCUT2D eigenvalue weighted by atomic mass is 16.5. The largest absolute Gasteiger partial charge is 0.493 e. The summed E-state index contributed by atoms with van der Waals surface area (Å²) in [5.41, 5.74) is 4.23. The monoisotopic (exact) mass is 322 g/mol. The maximum Gasteiger partial charge on any atom is 0.162 e. The molecule has 0 bridgehead atoms. The molecule has 0 amide bonds. The van der Waals surface area contributed by atoms with Gasteiger partial charge in [0, 0.05) is 0 Å². The fourth-order valence-electron chi connectivity index (χ4n) is 2.71. The standard InChI is InChI=1S/C20H22N2O2/c1-5-7-15-10-11-17(18(12-15)23-4)24-14(3)20-21-16-9-6-8-13(2)19(16)22-20/h5-12,14H,1-4H3,(H,21,22)/b7-5+/t14-/m0/s1. The van der Waals surface area contributed by atoms with Gasteiger partial charge in [0.05, 0.1) is 18.1 Å². The Labute approximate surface area is 142 Å². The van der Waals surface area contributed by atoms with Gasteiger partial charge in [-0.15, -0.1) is 0 Å². The third-order valence-electron chi connectivity index (χ3n) is 3.97. The van der Waals surface area contributed by atoms with Crippen molar-refractivity contribution >= 4 is 17.1 Å². The number of benzene rings is 2. The van der Waals surface area contributed by atoms with E-state index in [2.05, 4.69) is 23.0 Å². The van der Waals surface area contributed by atoms with E-state index < -0.39 is 0 Å². The van der Waals surface area contributed by atoms with Crippen molar-refractivity contribution < 1.29 is 9.47 Å². The maximum absolute atomic E-state index is 6.08. The Balaban J connectivity index is 1.88. The summed E-state index contributed by atoms with van der Waals surface area (Å²) in [7, 11) is 1.65. The van der Waals surface area contributed by atoms with Gasteiger partial charge >= 0.3 is 0 Å². The first kappa shape index (κ1) is 16.1. The number of nitrogens with one attached hydrogen (secondary N) is 1. The van der Waals surface area contributed by atoms with Gasteiger partial charge in [-0.05, 0) is 50.1 Å². The molecule has 0 aliphatic rings. The molecule has 0 spiro atoms. The third kappa shape index (κ3) is 3.13. The van der Waals surface area contributed by atoms with Crippen LogP contribution in [-0.2, 0) is 0 Å². The molecule has 3 rings (SSSR count). The molecule has 0 aliphatic carbocycles. The fourth-order valence-corrected chi connectivity index (χ4v) is 2.71. The molecule has 0 saturated carbocycles. The number of H-pyrrole nitrogens is 1. The molecule has 0 fully saturated rings. The Bertz CT molecular complexity index is 880. The molecule has 24 heavy (non-hydrogen) atoms. The number of rotatable bonds is 5. The summed E-state index contributed by atoms with van der Waals surface area (Å²) < 4.78 is 11.5. The molecule has 1 heterocycles. The minimum Gasteiger partial charge on any atom is -0.493 e. The molecular formula is C20H22N2O2. The van der Waals surface area contributed by atoms with E-state index in [0.717, 1.165) is 28.0 Å². The van der Waals surface area contributed by atoms with Crippen molar-refractivity contribution in [3.8, 4) is 11.5 Å². The zero-order valence-electron chi connectivity index (χ0n) is 14.5. The maximum atomic E-state index is 6.08. The summed E-state index contributed by atoms with van der Waals surface area (Å²) in [6, 6.07) is 12.0. The molecule has 1 atom stereocenters. The summed E-state index contributed by atoms with van der Waals surface area (Å²) >= 11 is 0. The topological polar surface area (TPSA) is 47.1 Å². The van der Waals surface area contributed by atoms with Crippen molar-refractivity contribution in [2.45, 2.75) is 26.9 Å². The van der Waals surface area contributed by atoms with E-state index in [1.807, 2.05) is 56.3 Å². The van der Waals surface area contributed by atoms with Crippen molar-refractivity contribution in [1.29, 1.82) is 0 Å². The van der Waals surface area contributed by atoms with Crippen LogP contribution < -0.4 is 9.47 Å². The first-order chi connectivity index (χ1) is 11.6. The summed E-state index contributed by atoms with van der Waals surface area (Å²) in [5, 5.41) is 0. The fraction of sp³-hybridized carbons (Fsp3) is 0.250. The van der Waals surface area contributed by atoms with Crippen LogP contribution in [0, 0.1) is 6.92 Å². The number of fused-ring (bicyclic) bond motifs is 1. The molecule has 0 aliphatic heterocycles. The molecule has 4 heteroatoms. The summed E-state index contributed by atoms with van der Waals surface area (Å²) in [5.74, 6) is 2.22. The first-order valence-electron chi connectivity index (χ1n) is 8.05. The number of allylic oxidation sites excluding steroid dienone is 1. The lowest BCUT2D eigenvalue weighted by atomic mass is 10.2. The zero-order valence-corrected chi connectivity index (χ0v) is 14.5. The normalized spacial score (nSPS) is 12.7. The number of methoxy groups -OCH3 is 1. The lowest BCUT2D eigenvalue weighted by Gasteiger charge is -2.15. The first-order valence-corrected chi connectivity index (χ1v) is 8.05. The van der Waals surface area contributed by atoms with Crippen LogP contribution in [0.15, 0.2) is 42.5 Å². The van der Waals surface area contributed by atoms with Crippen LogP contribution >= 0.6 is 0 Å². The van der Waals surface area contributed by atoms with E-state index >= 15 is 0 Å². The number of imidazole rings is 1. The van der Waals surface area contributed by atoms with Gasteiger partial charge in [-0.3, -0.25) is 0 Å². The Morgan fingerprint density at radius 2 is 2.00 bits per heavy atom. The van der Waals surface area contributed by atoms with E-state index in [9.17, 15) is 0 Å². The Kier molecular flexibility index (Phi) is 4.56. The van der Waals surface area contributed by atoms with Crippen LogP contribution in [0.2, 0.25) is 0 Å². The van der Waals surface area contributed by atoms with Crippen LogP contribution in [0.3, 0.4) is 0 Å². The van der Waals surface area contributed by atoms with Gasteiger partial charge in [0.15, 0.2) is 17.6 Å². The molecule has 1 aromatic heterocycles. The molecule has 2 aromatic carbocycles. The number of hydrogen-bond acceptors (Lipinski definition) is 3. The van der Waals surface area contributed by atoms with Crippen molar-refractivity contribution in [3.05, 3.63) is 59.4 Å². The minimum atomic E-state index is -0.210. The molecule has 0 unspecified atom stereocenters. The van der Waals surface area contributed by atoms with E-state index in [0.29, 0.717) is 11.5 Å². The van der Waals surface area contributed by atoms with E-state index in [-0.39, 0.29) is 6.10 Å². The summed E-state index contributed by atoms with van der Waals surface area (Å²) in [4.78, 5) is 8.02. The second kappa shape index (κ2) is 6.79. The van der Waals surface area contributed by atoms with Crippen LogP contribution in [0.1, 0.15) is 36.9 Å². The lowest BCUT2D eigenvalue weighted by Crippen LogP contribution is -2.06. The lowest BCUT2D eigenvalue weighted by molar-refractivity contribution is 0.208. The third-order valence-corrected chi connectivity index (χ3v) is 3.97. The highest BCUT2D eigenvalue weighted by Crippen LogP contribution is 2.32. The van der Waals surface area contributed by atoms with Gasteiger partial charge in [0.1, 0.15) is 5.82 Å². The van der Waals surface area contributed by atoms with Crippen LogP contribution in [0.25, 0.3) is 17.1 Å². The minimum absolute atomic E-state index is 0.210. The van der Waals surface area contributed by atoms with Crippen LogP contribution in [0.4, 0.5) is 0 Å². The molecule has 124 valence electrons. The van der Waals surface area contributed by atoms with E-state index in [1.54, 1.807) is 7.11 Å². The van der Waals surface area contributed by atoms with Gasteiger partial charge < -0.3 is 14.5 Å². The second-order valence-electron chi connectivity index (χ2n) is 5.76. The Hall–Kier alpha value is -2.75. The number of nitrogens with zero attached hydrogens (tertiary/aromatic N) is 1. The molecule has 0 radical (unpaired) electrons. The predicted octanol–water partition coefficient (Wildman–Crippen LogP) is 5.05. The van der Waals surface area contributed by atoms with Gasteiger partial charge in [-0.1, -0.05) is 30.4 Å². The van der Waals surface area contributed by atoms with Gasteiger partial charge in [0.2, 0.25) is 0 Å². The van der Waals surface area contributed by atoms with E-state index in [4.69, 9.17) is 9.47 Å². The molecule has 0 saturated heterocycles. The highest BCUT2D eigenvalue weighted by molar-refractivity contribution is 5.78. The van der Waals surface area contributed by atoms with Crippen molar-refractivity contribution in [2.24, 2.45) is 0 Å². The molecule has 1 N–H and O–H groups in total. The number of aromatic nitrogens is 2. The van der Waals surface area contributed by atoms with Gasteiger partial charge in [0.25, 0.3) is 0 Å². The Morgan fingerprint density at radius 3 is 2.71 bits per heavy atom. The SMILES string of the molecule is C/C=C/c1ccc(O[C@@H](C)c2nc3c(C)cccc3[nH]2)c(OC)c1. The summed E-state index contributed by atoms with van der Waals surface area (Å²) in [6.45, 7) is 6.02. The smallest absolute Gasteiger partial charge is 0.162 e. The van der Waals surface area contributed by atoms with Gasteiger partial charge in [-0.25, -0.2) is 4.98 Å². The molecule has 3 aromatic rings. The summed E-state index contributed by atoms with van der Waals surface area (Å²) in [6.07, 6.45) is 3.81. The Morgan fingerprint density at radius 1 is 1.17 bits per heavy atom. The van der Waals surface area contributed by atoms with E-state index in [1.165, 1.54) is 0 Å². The number of aromatic amines is 1. The second-order valence-corrected chi connectivity index (χ2v) is 5.76. The average molecular weight is 322 g/mol. The number of hydrogen-bond donors (Lipinski definition) is 1. The number of aryl methyl sites for hydroxylation is 1. The molecule has 4 nitrogen and oxygen atoms in total. The quantitative estimate of drug-likeness (QED) is 0.715. The predicted molar refractivity (Wildman–Crippen MR) is 97.6 cm³/mol. The highest BCUT2D eigenvalue weighted by Gasteiger charge is 2.15. The number of para-hydroxylation sites is 1. The zero-order chi connectivity index (χ0) is 17.1.